The van der Waals surface area contributed by atoms with E-state index in [0.29, 0.717) is 5.69 Å². The minimum atomic E-state index is -3.54. The van der Waals surface area contributed by atoms with Crippen molar-refractivity contribution < 1.29 is 8.42 Å². The van der Waals surface area contributed by atoms with E-state index in [9.17, 15) is 8.42 Å². The molecule has 0 saturated carbocycles. The van der Waals surface area contributed by atoms with Gasteiger partial charge in [0, 0.05) is 4.47 Å². The lowest BCUT2D eigenvalue weighted by Crippen LogP contribution is -2.09. The van der Waals surface area contributed by atoms with Gasteiger partial charge in [0.2, 0.25) is 0 Å². The van der Waals surface area contributed by atoms with Gasteiger partial charge in [-0.3, -0.25) is 4.72 Å². The maximum absolute atomic E-state index is 12.1. The molecule has 5 heteroatoms. The molecule has 2 aromatic carbocycles. The van der Waals surface area contributed by atoms with Crippen molar-refractivity contribution in [2.45, 2.75) is 13.8 Å². The van der Waals surface area contributed by atoms with Gasteiger partial charge in [0.25, 0.3) is 10.0 Å². The molecule has 0 atom stereocenters. The summed E-state index contributed by atoms with van der Waals surface area (Å²) >= 11 is 3.35. The van der Waals surface area contributed by atoms with Crippen LogP contribution in [0.5, 0.6) is 0 Å². The molecular weight excluding hydrogens is 350 g/mol. The van der Waals surface area contributed by atoms with Gasteiger partial charge in [-0.2, -0.15) is 0 Å². The van der Waals surface area contributed by atoms with Crippen molar-refractivity contribution in [3.05, 3.63) is 69.0 Å². The van der Waals surface area contributed by atoms with Crippen LogP contribution in [-0.4, -0.2) is 8.42 Å². The first kappa shape index (κ1) is 15.8. The molecule has 0 radical (unpaired) electrons. The summed E-state index contributed by atoms with van der Waals surface area (Å²) in [4.78, 5) is 0. The lowest BCUT2D eigenvalue weighted by Gasteiger charge is -2.07. The van der Waals surface area contributed by atoms with Gasteiger partial charge < -0.3 is 0 Å². The zero-order valence-electron chi connectivity index (χ0n) is 11.8. The average Bonchev–Trinajstić information content (AvgIpc) is 2.41. The predicted molar refractivity (Wildman–Crippen MR) is 91.6 cm³/mol. The van der Waals surface area contributed by atoms with Gasteiger partial charge >= 0.3 is 0 Å². The molecular formula is C16H16BrNO2S. The van der Waals surface area contributed by atoms with Gasteiger partial charge in [-0.25, -0.2) is 8.42 Å². The van der Waals surface area contributed by atoms with E-state index in [1.165, 1.54) is 5.41 Å². The fourth-order valence-electron chi connectivity index (χ4n) is 1.74. The summed E-state index contributed by atoms with van der Waals surface area (Å²) in [6.07, 6.45) is 1.57. The summed E-state index contributed by atoms with van der Waals surface area (Å²) < 4.78 is 27.4. The highest BCUT2D eigenvalue weighted by Crippen LogP contribution is 2.24. The first-order valence-electron chi connectivity index (χ1n) is 6.39. The van der Waals surface area contributed by atoms with E-state index in [2.05, 4.69) is 20.7 Å². The number of benzene rings is 2. The lowest BCUT2D eigenvalue weighted by atomic mass is 10.2. The van der Waals surface area contributed by atoms with Crippen molar-refractivity contribution in [3.63, 3.8) is 0 Å². The van der Waals surface area contributed by atoms with Crippen LogP contribution < -0.4 is 4.72 Å². The van der Waals surface area contributed by atoms with E-state index < -0.39 is 10.0 Å². The quantitative estimate of drug-likeness (QED) is 0.867. The molecule has 0 fully saturated rings. The fraction of sp³-hybridized carbons (Fsp3) is 0.125. The van der Waals surface area contributed by atoms with Crippen LogP contribution in [0.4, 0.5) is 5.69 Å². The van der Waals surface area contributed by atoms with Crippen molar-refractivity contribution in [1.29, 1.82) is 0 Å². The molecule has 0 saturated heterocycles. The van der Waals surface area contributed by atoms with Crippen LogP contribution in [0.25, 0.3) is 6.08 Å². The predicted octanol–water partition coefficient (Wildman–Crippen LogP) is 4.48. The van der Waals surface area contributed by atoms with E-state index in [4.69, 9.17) is 0 Å². The number of halogens is 1. The van der Waals surface area contributed by atoms with Crippen molar-refractivity contribution in [3.8, 4) is 0 Å². The minimum absolute atomic E-state index is 0.522. The topological polar surface area (TPSA) is 46.2 Å². The summed E-state index contributed by atoms with van der Waals surface area (Å²) in [5.74, 6) is 0. The maximum atomic E-state index is 12.1. The minimum Gasteiger partial charge on any atom is -0.279 e. The number of sulfonamides is 1. The second kappa shape index (κ2) is 6.45. The van der Waals surface area contributed by atoms with Crippen molar-refractivity contribution >= 4 is 37.7 Å². The Kier molecular flexibility index (Phi) is 4.85. The second-order valence-electron chi connectivity index (χ2n) is 4.84. The Morgan fingerprint density at radius 2 is 1.62 bits per heavy atom. The number of nitrogens with one attached hydrogen (secondary N) is 1. The molecule has 0 aliphatic rings. The number of hydrogen-bond acceptors (Lipinski definition) is 2. The first-order chi connectivity index (χ1) is 9.85. The lowest BCUT2D eigenvalue weighted by molar-refractivity contribution is 0.609. The molecule has 0 spiro atoms. The Balaban J connectivity index is 2.16. The molecule has 110 valence electrons. The van der Waals surface area contributed by atoms with E-state index >= 15 is 0 Å². The number of rotatable bonds is 4. The molecule has 0 aliphatic heterocycles. The van der Waals surface area contributed by atoms with Gasteiger partial charge in [0.1, 0.15) is 0 Å². The second-order valence-corrected chi connectivity index (χ2v) is 7.26. The van der Waals surface area contributed by atoms with Gasteiger partial charge in [-0.05, 0) is 59.1 Å². The summed E-state index contributed by atoms with van der Waals surface area (Å²) in [5.41, 5.74) is 3.56. The van der Waals surface area contributed by atoms with Crippen molar-refractivity contribution in [2.75, 3.05) is 4.72 Å². The third kappa shape index (κ3) is 4.72. The molecule has 0 heterocycles. The third-order valence-electron chi connectivity index (χ3n) is 2.89. The number of hydrogen-bond donors (Lipinski definition) is 1. The highest BCUT2D eigenvalue weighted by molar-refractivity contribution is 9.10. The molecule has 0 aromatic heterocycles. The molecule has 2 aromatic rings. The summed E-state index contributed by atoms with van der Waals surface area (Å²) in [6, 6.07) is 13.1. The van der Waals surface area contributed by atoms with Gasteiger partial charge in [-0.1, -0.05) is 35.9 Å². The van der Waals surface area contributed by atoms with Gasteiger partial charge in [-0.15, -0.1) is 0 Å². The van der Waals surface area contributed by atoms with E-state index in [0.717, 1.165) is 21.2 Å². The zero-order chi connectivity index (χ0) is 15.5. The summed E-state index contributed by atoms with van der Waals surface area (Å²) in [7, 11) is -3.54. The normalized spacial score (nSPS) is 11.8. The van der Waals surface area contributed by atoms with E-state index in [-0.39, 0.29) is 0 Å². The van der Waals surface area contributed by atoms with Crippen LogP contribution in [0, 0.1) is 13.8 Å². The van der Waals surface area contributed by atoms with Crippen LogP contribution in [0.2, 0.25) is 0 Å². The van der Waals surface area contributed by atoms with Crippen molar-refractivity contribution in [1.82, 2.24) is 0 Å². The summed E-state index contributed by atoms with van der Waals surface area (Å²) in [6.45, 7) is 3.93. The van der Waals surface area contributed by atoms with E-state index in [1.807, 2.05) is 50.2 Å². The fourth-order valence-corrected chi connectivity index (χ4v) is 3.35. The average molecular weight is 366 g/mol. The Labute approximate surface area is 133 Å². The standard InChI is InChI=1S/C16H16BrNO2S/c1-12-3-6-14(7-4-12)9-10-21(19,20)18-16-8-5-13(2)11-15(16)17/h3-11,18H,1-2H3/b10-9+. The Morgan fingerprint density at radius 3 is 2.24 bits per heavy atom. The van der Waals surface area contributed by atoms with Crippen LogP contribution >= 0.6 is 15.9 Å². The Morgan fingerprint density at radius 1 is 1.00 bits per heavy atom. The molecule has 21 heavy (non-hydrogen) atoms. The van der Waals surface area contributed by atoms with Crippen LogP contribution in [-0.2, 0) is 10.0 Å². The summed E-state index contributed by atoms with van der Waals surface area (Å²) in [5, 5.41) is 1.17. The highest BCUT2D eigenvalue weighted by atomic mass is 79.9. The molecule has 0 amide bonds. The van der Waals surface area contributed by atoms with E-state index in [1.54, 1.807) is 12.1 Å². The number of anilines is 1. The first-order valence-corrected chi connectivity index (χ1v) is 8.73. The molecule has 0 aliphatic carbocycles. The number of aryl methyl sites for hydroxylation is 2. The van der Waals surface area contributed by atoms with Crippen LogP contribution in [0.1, 0.15) is 16.7 Å². The molecule has 2 rings (SSSR count). The largest absolute Gasteiger partial charge is 0.279 e. The van der Waals surface area contributed by atoms with Crippen molar-refractivity contribution in [2.24, 2.45) is 0 Å². The van der Waals surface area contributed by atoms with Gasteiger partial charge in [0.05, 0.1) is 11.1 Å². The third-order valence-corrected chi connectivity index (χ3v) is 4.55. The van der Waals surface area contributed by atoms with Gasteiger partial charge in [0.15, 0.2) is 0 Å². The molecule has 1 N–H and O–H groups in total. The Bertz CT molecular complexity index is 765. The maximum Gasteiger partial charge on any atom is 0.255 e. The monoisotopic (exact) mass is 365 g/mol. The SMILES string of the molecule is Cc1ccc(/C=C/S(=O)(=O)Nc2ccc(C)cc2Br)cc1. The highest BCUT2D eigenvalue weighted by Gasteiger charge is 2.08. The smallest absolute Gasteiger partial charge is 0.255 e. The zero-order valence-corrected chi connectivity index (χ0v) is 14.2. The molecule has 3 nitrogen and oxygen atoms in total. The van der Waals surface area contributed by atoms with Crippen LogP contribution in [0.3, 0.4) is 0 Å². The van der Waals surface area contributed by atoms with Crippen LogP contribution in [0.15, 0.2) is 52.3 Å². The molecule has 0 unspecified atom stereocenters. The Hall–Kier alpha value is -1.59. The molecule has 0 bridgehead atoms.